The molecule has 0 aromatic carbocycles. The zero-order valence-electron chi connectivity index (χ0n) is 9.63. The molecule has 1 aromatic rings. The number of aromatic nitrogens is 1. The molecule has 94 valence electrons. The van der Waals surface area contributed by atoms with E-state index in [0.29, 0.717) is 6.54 Å². The van der Waals surface area contributed by atoms with Gasteiger partial charge in [0, 0.05) is 25.4 Å². The highest BCUT2D eigenvalue weighted by atomic mass is 16.4. The van der Waals surface area contributed by atoms with E-state index in [0.717, 1.165) is 25.7 Å². The number of unbranched alkanes of at least 4 members (excludes halogenated alkanes) is 3. The first-order valence-corrected chi connectivity index (χ1v) is 5.70. The molecule has 2 N–H and O–H groups in total. The maximum atomic E-state index is 11.4. The predicted octanol–water partition coefficient (Wildman–Crippen LogP) is 1.10. The van der Waals surface area contributed by atoms with Crippen LogP contribution in [0.15, 0.2) is 23.1 Å². The quantitative estimate of drug-likeness (QED) is 0.698. The van der Waals surface area contributed by atoms with E-state index >= 15 is 0 Å². The largest absolute Gasteiger partial charge is 0.478 e. The Hall–Kier alpha value is -1.62. The monoisotopic (exact) mass is 239 g/mol. The van der Waals surface area contributed by atoms with Crippen molar-refractivity contribution < 1.29 is 15.0 Å². The second-order valence-corrected chi connectivity index (χ2v) is 3.89. The van der Waals surface area contributed by atoms with Crippen molar-refractivity contribution in [2.75, 3.05) is 6.61 Å². The number of aliphatic hydroxyl groups excluding tert-OH is 1. The summed E-state index contributed by atoms with van der Waals surface area (Å²) < 4.78 is 1.42. The fourth-order valence-electron chi connectivity index (χ4n) is 1.58. The Morgan fingerprint density at radius 3 is 2.53 bits per heavy atom. The number of aryl methyl sites for hydroxylation is 1. The van der Waals surface area contributed by atoms with Crippen LogP contribution < -0.4 is 5.56 Å². The highest BCUT2D eigenvalue weighted by Crippen LogP contribution is 2.02. The molecule has 5 nitrogen and oxygen atoms in total. The average Bonchev–Trinajstić information content (AvgIpc) is 2.30. The van der Waals surface area contributed by atoms with Gasteiger partial charge in [0.15, 0.2) is 0 Å². The summed E-state index contributed by atoms with van der Waals surface area (Å²) in [7, 11) is 0. The number of aliphatic hydroxyl groups is 1. The number of pyridine rings is 1. The number of aromatic carboxylic acids is 1. The summed E-state index contributed by atoms with van der Waals surface area (Å²) in [6.45, 7) is 0.708. The molecule has 0 saturated heterocycles. The second-order valence-electron chi connectivity index (χ2n) is 3.89. The summed E-state index contributed by atoms with van der Waals surface area (Å²) in [6.07, 6.45) is 4.79. The minimum atomic E-state index is -1.03. The predicted molar refractivity (Wildman–Crippen MR) is 63.2 cm³/mol. The number of carboxylic acids is 1. The van der Waals surface area contributed by atoms with Crippen LogP contribution in [0, 0.1) is 0 Å². The highest BCUT2D eigenvalue weighted by molar-refractivity contribution is 5.87. The molecule has 0 unspecified atom stereocenters. The maximum Gasteiger partial charge on any atom is 0.337 e. The lowest BCUT2D eigenvalue weighted by atomic mass is 10.2. The lowest BCUT2D eigenvalue weighted by molar-refractivity contribution is 0.0695. The molecular formula is C12H17NO4. The molecule has 0 saturated carbocycles. The van der Waals surface area contributed by atoms with E-state index in [4.69, 9.17) is 10.2 Å². The first kappa shape index (κ1) is 13.4. The van der Waals surface area contributed by atoms with Gasteiger partial charge >= 0.3 is 5.97 Å². The van der Waals surface area contributed by atoms with Crippen molar-refractivity contribution in [3.05, 3.63) is 34.2 Å². The van der Waals surface area contributed by atoms with Gasteiger partial charge in [0.25, 0.3) is 5.56 Å². The van der Waals surface area contributed by atoms with Crippen LogP contribution in [0.4, 0.5) is 0 Å². The molecule has 1 heterocycles. The van der Waals surface area contributed by atoms with Crippen molar-refractivity contribution in [3.63, 3.8) is 0 Å². The standard InChI is InChI=1S/C12H17NO4/c14-8-4-2-1-3-7-13-9-10(12(16)17)5-6-11(13)15/h5-6,9,14H,1-4,7-8H2,(H,16,17). The van der Waals surface area contributed by atoms with Gasteiger partial charge in [-0.3, -0.25) is 4.79 Å². The third kappa shape index (κ3) is 4.40. The third-order valence-electron chi connectivity index (χ3n) is 2.54. The normalized spacial score (nSPS) is 10.4. The molecule has 0 radical (unpaired) electrons. The smallest absolute Gasteiger partial charge is 0.337 e. The molecule has 0 amide bonds. The van der Waals surface area contributed by atoms with Gasteiger partial charge in [-0.1, -0.05) is 12.8 Å². The van der Waals surface area contributed by atoms with Crippen LogP contribution >= 0.6 is 0 Å². The molecule has 0 aliphatic carbocycles. The van der Waals surface area contributed by atoms with E-state index < -0.39 is 5.97 Å². The zero-order chi connectivity index (χ0) is 12.7. The zero-order valence-corrected chi connectivity index (χ0v) is 9.63. The highest BCUT2D eigenvalue weighted by Gasteiger charge is 2.04. The molecule has 0 fully saturated rings. The Morgan fingerprint density at radius 1 is 1.18 bits per heavy atom. The SMILES string of the molecule is O=C(O)c1ccc(=O)n(CCCCCCO)c1. The van der Waals surface area contributed by atoms with Crippen LogP contribution in [0.3, 0.4) is 0 Å². The Labute approximate surface area is 99.3 Å². The van der Waals surface area contributed by atoms with E-state index in [1.807, 2.05) is 0 Å². The van der Waals surface area contributed by atoms with Gasteiger partial charge in [0.1, 0.15) is 0 Å². The second kappa shape index (κ2) is 6.85. The van der Waals surface area contributed by atoms with Crippen molar-refractivity contribution >= 4 is 5.97 Å². The summed E-state index contributed by atoms with van der Waals surface area (Å²) in [5.74, 6) is -1.03. The molecular weight excluding hydrogens is 222 g/mol. The fraction of sp³-hybridized carbons (Fsp3) is 0.500. The molecule has 0 aliphatic rings. The molecule has 0 spiro atoms. The number of rotatable bonds is 7. The number of hydrogen-bond acceptors (Lipinski definition) is 3. The first-order chi connectivity index (χ1) is 8.15. The van der Waals surface area contributed by atoms with Gasteiger partial charge in [-0.15, -0.1) is 0 Å². The first-order valence-electron chi connectivity index (χ1n) is 5.70. The summed E-state index contributed by atoms with van der Waals surface area (Å²) in [5, 5.41) is 17.4. The maximum absolute atomic E-state index is 11.4. The lowest BCUT2D eigenvalue weighted by Crippen LogP contribution is -2.20. The Balaban J connectivity index is 2.55. The van der Waals surface area contributed by atoms with Crippen LogP contribution in [-0.2, 0) is 6.54 Å². The Kier molecular flexibility index (Phi) is 5.42. The van der Waals surface area contributed by atoms with Crippen molar-refractivity contribution in [1.29, 1.82) is 0 Å². The number of hydrogen-bond donors (Lipinski definition) is 2. The van der Waals surface area contributed by atoms with Crippen molar-refractivity contribution in [2.24, 2.45) is 0 Å². The summed E-state index contributed by atoms with van der Waals surface area (Å²) in [5.41, 5.74) is -0.0582. The van der Waals surface area contributed by atoms with Crippen molar-refractivity contribution in [2.45, 2.75) is 32.2 Å². The molecule has 0 bridgehead atoms. The average molecular weight is 239 g/mol. The minimum absolute atomic E-state index is 0.125. The van der Waals surface area contributed by atoms with Crippen LogP contribution in [0.5, 0.6) is 0 Å². The number of nitrogens with zero attached hydrogens (tertiary/aromatic N) is 1. The lowest BCUT2D eigenvalue weighted by Gasteiger charge is -2.06. The van der Waals surface area contributed by atoms with Gasteiger partial charge < -0.3 is 14.8 Å². The third-order valence-corrected chi connectivity index (χ3v) is 2.54. The van der Waals surface area contributed by atoms with Gasteiger partial charge in [-0.2, -0.15) is 0 Å². The van der Waals surface area contributed by atoms with Crippen LogP contribution in [-0.4, -0.2) is 27.4 Å². The van der Waals surface area contributed by atoms with Crippen LogP contribution in [0.1, 0.15) is 36.0 Å². The van der Waals surface area contributed by atoms with Crippen molar-refractivity contribution in [1.82, 2.24) is 4.57 Å². The molecule has 1 aromatic heterocycles. The minimum Gasteiger partial charge on any atom is -0.478 e. The van der Waals surface area contributed by atoms with Gasteiger partial charge in [-0.25, -0.2) is 4.79 Å². The summed E-state index contributed by atoms with van der Waals surface area (Å²) in [4.78, 5) is 22.2. The fourth-order valence-corrected chi connectivity index (χ4v) is 1.58. The summed E-state index contributed by atoms with van der Waals surface area (Å²) >= 11 is 0. The van der Waals surface area contributed by atoms with E-state index in [2.05, 4.69) is 0 Å². The van der Waals surface area contributed by atoms with E-state index in [1.165, 1.54) is 22.9 Å². The molecule has 1 rings (SSSR count). The Morgan fingerprint density at radius 2 is 1.88 bits per heavy atom. The number of carboxylic acid groups (broad SMARTS) is 1. The van der Waals surface area contributed by atoms with Gasteiger partial charge in [-0.05, 0) is 18.9 Å². The van der Waals surface area contributed by atoms with E-state index in [1.54, 1.807) is 0 Å². The van der Waals surface area contributed by atoms with Crippen LogP contribution in [0.25, 0.3) is 0 Å². The molecule has 0 atom stereocenters. The molecule has 0 aliphatic heterocycles. The van der Waals surface area contributed by atoms with Gasteiger partial charge in [0.2, 0.25) is 0 Å². The Bertz CT molecular complexity index is 425. The van der Waals surface area contributed by atoms with Crippen LogP contribution in [0.2, 0.25) is 0 Å². The van der Waals surface area contributed by atoms with Gasteiger partial charge in [0.05, 0.1) is 5.56 Å². The van der Waals surface area contributed by atoms with E-state index in [9.17, 15) is 9.59 Å². The molecule has 5 heteroatoms. The van der Waals surface area contributed by atoms with Crippen molar-refractivity contribution in [3.8, 4) is 0 Å². The van der Waals surface area contributed by atoms with E-state index in [-0.39, 0.29) is 17.7 Å². The number of carbonyl (C=O) groups is 1. The summed E-state index contributed by atoms with van der Waals surface area (Å²) in [6, 6.07) is 2.59. The topological polar surface area (TPSA) is 79.5 Å². The molecule has 17 heavy (non-hydrogen) atoms.